The monoisotopic (exact) mass is 534 g/mol. The number of fused-ring (bicyclic) bond motifs is 3. The second-order valence-corrected chi connectivity index (χ2v) is 9.80. The van der Waals surface area contributed by atoms with Gasteiger partial charge in [0.2, 0.25) is 0 Å². The van der Waals surface area contributed by atoms with Crippen LogP contribution >= 0.6 is 15.9 Å². The van der Waals surface area contributed by atoms with Gasteiger partial charge in [0, 0.05) is 16.1 Å². The normalized spacial score (nSPS) is 15.0. The first-order chi connectivity index (χ1) is 16.8. The predicted molar refractivity (Wildman–Crippen MR) is 135 cm³/mol. The van der Waals surface area contributed by atoms with Crippen LogP contribution < -0.4 is 10.6 Å². The maximum atomic E-state index is 12.8. The molecule has 2 aliphatic rings. The average molecular weight is 535 g/mol. The van der Waals surface area contributed by atoms with Crippen LogP contribution in [0.5, 0.6) is 0 Å². The van der Waals surface area contributed by atoms with Crippen molar-refractivity contribution in [3.05, 3.63) is 87.9 Å². The first kappa shape index (κ1) is 23.1. The Bertz CT molecular complexity index is 1290. The van der Waals surface area contributed by atoms with E-state index in [9.17, 15) is 14.4 Å². The molecule has 0 unspecified atom stereocenters. The largest absolute Gasteiger partial charge is 0.481 e. The van der Waals surface area contributed by atoms with Crippen molar-refractivity contribution >= 4 is 39.6 Å². The lowest BCUT2D eigenvalue weighted by Crippen LogP contribution is -2.38. The SMILES string of the molecule is O=C(O)CC1(NC(=O)c2cc(NC(=O)OCC3c4ccccc4-c4ccccc43)ccc2Br)CC1. The van der Waals surface area contributed by atoms with E-state index in [2.05, 4.69) is 50.8 Å². The molecular weight excluding hydrogens is 512 g/mol. The van der Waals surface area contributed by atoms with Gasteiger partial charge in [0.1, 0.15) is 6.61 Å². The van der Waals surface area contributed by atoms with Gasteiger partial charge in [-0.1, -0.05) is 48.5 Å². The lowest BCUT2D eigenvalue weighted by Gasteiger charge is -2.17. The van der Waals surface area contributed by atoms with Gasteiger partial charge >= 0.3 is 12.1 Å². The average Bonchev–Trinajstić information content (AvgIpc) is 3.50. The number of halogens is 1. The highest BCUT2D eigenvalue weighted by atomic mass is 79.9. The van der Waals surface area contributed by atoms with Gasteiger partial charge in [-0.2, -0.15) is 0 Å². The maximum absolute atomic E-state index is 12.8. The van der Waals surface area contributed by atoms with Crippen LogP contribution in [0.3, 0.4) is 0 Å². The Morgan fingerprint density at radius 3 is 2.20 bits per heavy atom. The first-order valence-electron chi connectivity index (χ1n) is 11.3. The van der Waals surface area contributed by atoms with Gasteiger partial charge in [0.05, 0.1) is 17.5 Å². The lowest BCUT2D eigenvalue weighted by molar-refractivity contribution is -0.137. The van der Waals surface area contributed by atoms with E-state index in [0.717, 1.165) is 22.3 Å². The number of nitrogens with one attached hydrogen (secondary N) is 2. The first-order valence-corrected chi connectivity index (χ1v) is 12.1. The topological polar surface area (TPSA) is 105 Å². The molecule has 178 valence electrons. The Morgan fingerprint density at radius 1 is 0.971 bits per heavy atom. The molecule has 2 aliphatic carbocycles. The third-order valence-electron chi connectivity index (χ3n) is 6.52. The smallest absolute Gasteiger partial charge is 0.411 e. The zero-order chi connectivity index (χ0) is 24.6. The quantitative estimate of drug-likeness (QED) is 0.368. The van der Waals surface area contributed by atoms with Crippen LogP contribution in [0.25, 0.3) is 11.1 Å². The number of carbonyl (C=O) groups excluding carboxylic acids is 2. The fraction of sp³-hybridized carbons (Fsp3) is 0.222. The van der Waals surface area contributed by atoms with E-state index in [1.165, 1.54) is 6.07 Å². The number of carboxylic acid groups (broad SMARTS) is 1. The Morgan fingerprint density at radius 2 is 1.60 bits per heavy atom. The molecule has 0 aromatic heterocycles. The molecule has 3 N–H and O–H groups in total. The van der Waals surface area contributed by atoms with Gasteiger partial charge in [0.15, 0.2) is 0 Å². The minimum absolute atomic E-state index is 0.0524. The molecule has 0 radical (unpaired) electrons. The Labute approximate surface area is 210 Å². The fourth-order valence-electron chi connectivity index (χ4n) is 4.62. The summed E-state index contributed by atoms with van der Waals surface area (Å²) in [6.07, 6.45) is 0.513. The Balaban J connectivity index is 1.25. The van der Waals surface area contributed by atoms with Crippen molar-refractivity contribution in [3.63, 3.8) is 0 Å². The van der Waals surface area contributed by atoms with Crippen molar-refractivity contribution in [2.45, 2.75) is 30.7 Å². The van der Waals surface area contributed by atoms with Crippen LogP contribution in [0, 0.1) is 0 Å². The summed E-state index contributed by atoms with van der Waals surface area (Å²) in [4.78, 5) is 36.5. The van der Waals surface area contributed by atoms with E-state index in [1.54, 1.807) is 12.1 Å². The Hall–Kier alpha value is -3.65. The summed E-state index contributed by atoms with van der Waals surface area (Å²) in [6.45, 7) is 0.182. The second-order valence-electron chi connectivity index (χ2n) is 8.95. The Kier molecular flexibility index (Phi) is 6.06. The molecule has 1 fully saturated rings. The third kappa shape index (κ3) is 4.79. The third-order valence-corrected chi connectivity index (χ3v) is 7.21. The molecule has 3 aromatic rings. The van der Waals surface area contributed by atoms with Crippen LogP contribution in [0.4, 0.5) is 10.5 Å². The molecule has 0 spiro atoms. The second kappa shape index (κ2) is 9.19. The molecule has 8 heteroatoms. The van der Waals surface area contributed by atoms with E-state index in [1.807, 2.05) is 24.3 Å². The van der Waals surface area contributed by atoms with E-state index in [-0.39, 0.29) is 18.9 Å². The van der Waals surface area contributed by atoms with Crippen LogP contribution in [0.1, 0.15) is 46.7 Å². The van der Waals surface area contributed by atoms with Crippen LogP contribution in [-0.2, 0) is 9.53 Å². The van der Waals surface area contributed by atoms with Crippen molar-refractivity contribution in [1.29, 1.82) is 0 Å². The molecule has 0 atom stereocenters. The van der Waals surface area contributed by atoms with Gasteiger partial charge < -0.3 is 15.2 Å². The highest BCUT2D eigenvalue weighted by Crippen LogP contribution is 2.44. The molecule has 0 saturated heterocycles. The molecule has 0 bridgehead atoms. The van der Waals surface area contributed by atoms with Crippen LogP contribution in [-0.4, -0.2) is 35.2 Å². The van der Waals surface area contributed by atoms with E-state index >= 15 is 0 Å². The summed E-state index contributed by atoms with van der Waals surface area (Å²) in [5.41, 5.74) is 4.56. The minimum atomic E-state index is -0.951. The van der Waals surface area contributed by atoms with Crippen molar-refractivity contribution in [2.75, 3.05) is 11.9 Å². The molecule has 2 amide bonds. The number of carboxylic acids is 1. The maximum Gasteiger partial charge on any atom is 0.411 e. The number of amides is 2. The molecule has 7 nitrogen and oxygen atoms in total. The van der Waals surface area contributed by atoms with E-state index in [0.29, 0.717) is 28.6 Å². The molecule has 5 rings (SSSR count). The van der Waals surface area contributed by atoms with Gasteiger partial charge in [-0.25, -0.2) is 4.79 Å². The van der Waals surface area contributed by atoms with Crippen molar-refractivity contribution in [3.8, 4) is 11.1 Å². The van der Waals surface area contributed by atoms with Crippen LogP contribution in [0.15, 0.2) is 71.2 Å². The predicted octanol–water partition coefficient (Wildman–Crippen LogP) is 5.55. The number of rotatable bonds is 7. The molecule has 0 heterocycles. The number of hydrogen-bond acceptors (Lipinski definition) is 4. The van der Waals surface area contributed by atoms with Gasteiger partial charge in [-0.3, -0.25) is 14.9 Å². The van der Waals surface area contributed by atoms with Crippen molar-refractivity contribution in [1.82, 2.24) is 5.32 Å². The lowest BCUT2D eigenvalue weighted by atomic mass is 9.98. The van der Waals surface area contributed by atoms with E-state index in [4.69, 9.17) is 9.84 Å². The minimum Gasteiger partial charge on any atom is -0.481 e. The number of hydrogen-bond donors (Lipinski definition) is 3. The standard InChI is InChI=1S/C27H23BrN2O5/c28-23-10-9-16(13-21(23)25(33)30-27(11-12-27)14-24(31)32)29-26(34)35-15-22-19-7-3-1-5-17(19)18-6-2-4-8-20(18)22/h1-10,13,22H,11-12,14-15H2,(H,29,34)(H,30,33)(H,31,32). The van der Waals surface area contributed by atoms with Crippen molar-refractivity contribution in [2.24, 2.45) is 0 Å². The number of carbonyl (C=O) groups is 3. The molecular formula is C27H23BrN2O5. The summed E-state index contributed by atoms with van der Waals surface area (Å²) in [7, 11) is 0. The molecule has 0 aliphatic heterocycles. The summed E-state index contributed by atoms with van der Waals surface area (Å²) < 4.78 is 6.12. The number of aliphatic carboxylic acids is 1. The van der Waals surface area contributed by atoms with Crippen LogP contribution in [0.2, 0.25) is 0 Å². The number of ether oxygens (including phenoxy) is 1. The number of benzene rings is 3. The fourth-order valence-corrected chi connectivity index (χ4v) is 5.05. The highest BCUT2D eigenvalue weighted by Gasteiger charge is 2.46. The van der Waals surface area contributed by atoms with E-state index < -0.39 is 23.5 Å². The van der Waals surface area contributed by atoms with Gasteiger partial charge in [-0.15, -0.1) is 0 Å². The zero-order valence-corrected chi connectivity index (χ0v) is 20.3. The van der Waals surface area contributed by atoms with Gasteiger partial charge in [-0.05, 0) is 69.2 Å². The summed E-state index contributed by atoms with van der Waals surface area (Å²) >= 11 is 3.36. The zero-order valence-electron chi connectivity index (χ0n) is 18.7. The summed E-state index contributed by atoms with van der Waals surface area (Å²) in [5, 5.41) is 14.6. The van der Waals surface area contributed by atoms with Gasteiger partial charge in [0.25, 0.3) is 5.91 Å². The number of anilines is 1. The van der Waals surface area contributed by atoms with Crippen molar-refractivity contribution < 1.29 is 24.2 Å². The summed E-state index contributed by atoms with van der Waals surface area (Å²) in [6, 6.07) is 21.1. The highest BCUT2D eigenvalue weighted by molar-refractivity contribution is 9.10. The molecule has 3 aromatic carbocycles. The summed E-state index contributed by atoms with van der Waals surface area (Å²) in [5.74, 6) is -1.40. The molecule has 1 saturated carbocycles. The molecule has 35 heavy (non-hydrogen) atoms.